The third-order valence-corrected chi connectivity index (χ3v) is 2.63. The minimum Gasteiger partial charge on any atom is -0.467 e. The molecule has 0 unspecified atom stereocenters. The van der Waals surface area contributed by atoms with E-state index >= 15 is 0 Å². The molecule has 2 rings (SSSR count). The molecule has 2 aliphatic rings. The van der Waals surface area contributed by atoms with Crippen LogP contribution in [0.3, 0.4) is 0 Å². The van der Waals surface area contributed by atoms with Crippen molar-refractivity contribution in [1.82, 2.24) is 0 Å². The van der Waals surface area contributed by atoms with Crippen LogP contribution in [0.2, 0.25) is 0 Å². The van der Waals surface area contributed by atoms with E-state index in [1.165, 1.54) is 44.3 Å². The summed E-state index contributed by atoms with van der Waals surface area (Å²) in [7, 11) is 1.31. The molecule has 0 N–H and O–H groups in total. The van der Waals surface area contributed by atoms with Crippen molar-refractivity contribution in [1.29, 1.82) is 0 Å². The number of esters is 1. The van der Waals surface area contributed by atoms with Crippen LogP contribution in [-0.2, 0) is 14.3 Å². The lowest BCUT2D eigenvalue weighted by atomic mass is 10.3. The average Bonchev–Trinajstić information content (AvgIpc) is 3.03. The van der Waals surface area contributed by atoms with Crippen LogP contribution in [0, 0.1) is 0 Å². The highest BCUT2D eigenvalue weighted by atomic mass is 16.5. The predicted octanol–water partition coefficient (Wildman–Crippen LogP) is 3.48. The molecule has 94 valence electrons. The maximum Gasteiger partial charge on any atom is 0.329 e. The zero-order valence-corrected chi connectivity index (χ0v) is 10.4. The van der Waals surface area contributed by atoms with E-state index in [9.17, 15) is 4.79 Å². The van der Waals surface area contributed by atoms with Crippen LogP contribution in [0.1, 0.15) is 38.5 Å². The molecule has 3 nitrogen and oxygen atoms in total. The Bertz CT molecular complexity index is 304. The fourth-order valence-corrected chi connectivity index (χ4v) is 1.72. The number of methoxy groups -OCH3 is 1. The lowest BCUT2D eigenvalue weighted by molar-refractivity contribution is -0.134. The third kappa shape index (κ3) is 5.38. The van der Waals surface area contributed by atoms with E-state index in [1.54, 1.807) is 0 Å². The van der Waals surface area contributed by atoms with Crippen LogP contribution in [0.15, 0.2) is 36.3 Å². The van der Waals surface area contributed by atoms with Gasteiger partial charge in [-0.15, -0.1) is 0 Å². The molecule has 3 heteroatoms. The summed E-state index contributed by atoms with van der Waals surface area (Å²) in [6.07, 6.45) is 12.8. The van der Waals surface area contributed by atoms with Crippen molar-refractivity contribution < 1.29 is 14.3 Å². The van der Waals surface area contributed by atoms with Gasteiger partial charge in [0.05, 0.1) is 18.6 Å². The molecule has 0 saturated heterocycles. The molecule has 17 heavy (non-hydrogen) atoms. The van der Waals surface area contributed by atoms with Gasteiger partial charge in [0, 0.05) is 18.9 Å². The molecular weight excluding hydrogens is 216 g/mol. The zero-order valence-electron chi connectivity index (χ0n) is 10.4. The van der Waals surface area contributed by atoms with Crippen LogP contribution in [-0.4, -0.2) is 13.1 Å². The smallest absolute Gasteiger partial charge is 0.329 e. The van der Waals surface area contributed by atoms with Gasteiger partial charge in [0.2, 0.25) is 0 Å². The predicted molar refractivity (Wildman–Crippen MR) is 67.2 cm³/mol. The number of ether oxygens (including phenoxy) is 2. The van der Waals surface area contributed by atoms with Gasteiger partial charge in [0.1, 0.15) is 0 Å². The van der Waals surface area contributed by atoms with E-state index < -0.39 is 5.97 Å². The first kappa shape index (κ1) is 13.6. The van der Waals surface area contributed by atoms with Crippen molar-refractivity contribution in [2.24, 2.45) is 0 Å². The number of hydrogen-bond acceptors (Lipinski definition) is 3. The van der Waals surface area contributed by atoms with Crippen LogP contribution in [0.4, 0.5) is 0 Å². The van der Waals surface area contributed by atoms with Gasteiger partial charge >= 0.3 is 5.97 Å². The second-order valence-electron chi connectivity index (χ2n) is 3.95. The fourth-order valence-electron chi connectivity index (χ4n) is 1.72. The van der Waals surface area contributed by atoms with Gasteiger partial charge < -0.3 is 9.47 Å². The van der Waals surface area contributed by atoms with Crippen molar-refractivity contribution in [3.63, 3.8) is 0 Å². The molecular formula is C14H20O3. The molecule has 2 aliphatic carbocycles. The number of carbonyl (C=O) groups is 1. The van der Waals surface area contributed by atoms with Gasteiger partial charge in [0.25, 0.3) is 0 Å². The molecule has 0 aliphatic heterocycles. The summed E-state index contributed by atoms with van der Waals surface area (Å²) < 4.78 is 9.84. The monoisotopic (exact) mass is 236 g/mol. The van der Waals surface area contributed by atoms with Crippen LogP contribution in [0.25, 0.3) is 0 Å². The highest BCUT2D eigenvalue weighted by molar-refractivity contribution is 5.80. The first-order valence-electron chi connectivity index (χ1n) is 6.02. The first-order chi connectivity index (χ1) is 8.26. The topological polar surface area (TPSA) is 35.5 Å². The Morgan fingerprint density at radius 3 is 2.00 bits per heavy atom. The summed E-state index contributed by atoms with van der Waals surface area (Å²) in [6.45, 7) is 3.16. The van der Waals surface area contributed by atoms with Gasteiger partial charge in [-0.3, -0.25) is 0 Å². The Balaban J connectivity index is 0.000000209. The van der Waals surface area contributed by atoms with Crippen LogP contribution < -0.4 is 0 Å². The third-order valence-electron chi connectivity index (χ3n) is 2.63. The Morgan fingerprint density at radius 1 is 1.24 bits per heavy atom. The van der Waals surface area contributed by atoms with Gasteiger partial charge in [-0.1, -0.05) is 6.58 Å². The highest BCUT2D eigenvalue weighted by Gasteiger charge is 2.10. The summed E-state index contributed by atoms with van der Waals surface area (Å²) in [5, 5.41) is 0. The maximum atomic E-state index is 9.84. The maximum absolute atomic E-state index is 9.84. The molecule has 0 heterocycles. The molecule has 0 amide bonds. The largest absolute Gasteiger partial charge is 0.467 e. The van der Waals surface area contributed by atoms with Crippen molar-refractivity contribution in [3.8, 4) is 0 Å². The molecule has 0 radical (unpaired) electrons. The molecule has 0 bridgehead atoms. The van der Waals surface area contributed by atoms with E-state index in [2.05, 4.69) is 23.5 Å². The van der Waals surface area contributed by atoms with E-state index in [0.29, 0.717) is 0 Å². The Hall–Kier alpha value is -1.51. The van der Waals surface area contributed by atoms with Crippen molar-refractivity contribution in [2.75, 3.05) is 7.11 Å². The Kier molecular flexibility index (Phi) is 6.15. The number of hydrogen-bond donors (Lipinski definition) is 0. The summed E-state index contributed by atoms with van der Waals surface area (Å²) in [5.74, 6) is 2.02. The normalized spacial score (nSPS) is 17.5. The molecule has 0 aromatic heterocycles. The van der Waals surface area contributed by atoms with E-state index in [-0.39, 0.29) is 0 Å². The summed E-state index contributed by atoms with van der Waals surface area (Å²) in [5.41, 5.74) is 0. The minimum atomic E-state index is -0.394. The standard InChI is InChI=1S/C10H14O.C4H6O2/c1-2-6-9(5-1)11-10-7-3-4-8-10;1-3-4(5)6-2/h5,7H,1-4,6,8H2;3H,1H2,2H3. The number of rotatable bonds is 3. The average molecular weight is 236 g/mol. The van der Waals surface area contributed by atoms with Crippen LogP contribution >= 0.6 is 0 Å². The molecule has 0 saturated carbocycles. The Morgan fingerprint density at radius 2 is 1.76 bits per heavy atom. The highest BCUT2D eigenvalue weighted by Crippen LogP contribution is 2.26. The summed E-state index contributed by atoms with van der Waals surface area (Å²) >= 11 is 0. The van der Waals surface area contributed by atoms with E-state index in [1.807, 2.05) is 0 Å². The molecule has 0 aromatic carbocycles. The second kappa shape index (κ2) is 7.71. The minimum absolute atomic E-state index is 0.394. The number of carbonyl (C=O) groups excluding carboxylic acids is 1. The Labute approximate surface area is 103 Å². The summed E-state index contributed by atoms with van der Waals surface area (Å²) in [6, 6.07) is 0. The second-order valence-corrected chi connectivity index (χ2v) is 3.95. The molecule has 0 fully saturated rings. The molecule has 0 spiro atoms. The lowest BCUT2D eigenvalue weighted by Gasteiger charge is -2.05. The van der Waals surface area contributed by atoms with Gasteiger partial charge in [0.15, 0.2) is 0 Å². The van der Waals surface area contributed by atoms with Crippen molar-refractivity contribution >= 4 is 5.97 Å². The quantitative estimate of drug-likeness (QED) is 0.556. The lowest BCUT2D eigenvalue weighted by Crippen LogP contribution is -1.91. The molecule has 0 aromatic rings. The van der Waals surface area contributed by atoms with E-state index in [0.717, 1.165) is 18.9 Å². The number of allylic oxidation sites excluding steroid dienone is 4. The van der Waals surface area contributed by atoms with Gasteiger partial charge in [-0.2, -0.15) is 0 Å². The van der Waals surface area contributed by atoms with E-state index in [4.69, 9.17) is 4.74 Å². The fraction of sp³-hybridized carbons (Fsp3) is 0.500. The van der Waals surface area contributed by atoms with Crippen molar-refractivity contribution in [3.05, 3.63) is 36.3 Å². The SMILES string of the molecule is C1=C(OC2=CCCC2)CCC1.C=CC(=O)OC. The molecule has 0 atom stereocenters. The summed E-state index contributed by atoms with van der Waals surface area (Å²) in [4.78, 5) is 9.84. The first-order valence-corrected chi connectivity index (χ1v) is 6.02. The zero-order chi connectivity index (χ0) is 12.5. The van der Waals surface area contributed by atoms with Gasteiger partial charge in [-0.25, -0.2) is 4.79 Å². The van der Waals surface area contributed by atoms with Crippen molar-refractivity contribution in [2.45, 2.75) is 38.5 Å². The van der Waals surface area contributed by atoms with Gasteiger partial charge in [-0.05, 0) is 37.8 Å². The van der Waals surface area contributed by atoms with Crippen LogP contribution in [0.5, 0.6) is 0 Å².